The first-order valence-electron chi connectivity index (χ1n) is 9.51. The molecule has 2 atom stereocenters. The average Bonchev–Trinajstić information content (AvgIpc) is 2.74. The van der Waals surface area contributed by atoms with E-state index in [1.165, 1.54) is 21.3 Å². The molecule has 166 valence electrons. The Labute approximate surface area is 175 Å². The lowest BCUT2D eigenvalue weighted by molar-refractivity contribution is -0.143. The lowest BCUT2D eigenvalue weighted by atomic mass is 9.79. The summed E-state index contributed by atoms with van der Waals surface area (Å²) >= 11 is 0. The summed E-state index contributed by atoms with van der Waals surface area (Å²) < 4.78 is 28.0. The molecule has 0 radical (unpaired) electrons. The fourth-order valence-corrected chi connectivity index (χ4v) is 5.47. The second-order valence-electron chi connectivity index (χ2n) is 7.02. The maximum atomic E-state index is 12.6. The number of benzene rings is 1. The Bertz CT molecular complexity index is 956. The monoisotopic (exact) mass is 440 g/mol. The first-order chi connectivity index (χ1) is 14.1. The van der Waals surface area contributed by atoms with Gasteiger partial charge in [-0.1, -0.05) is 19.9 Å². The Morgan fingerprint density at radius 3 is 2.17 bits per heavy atom. The van der Waals surface area contributed by atoms with Crippen molar-refractivity contribution in [1.29, 1.82) is 0 Å². The average molecular weight is 440 g/mol. The molecule has 1 aromatic heterocycles. The minimum Gasteiger partial charge on any atom is -0.493 e. The van der Waals surface area contributed by atoms with E-state index < -0.39 is 30.7 Å². The van der Waals surface area contributed by atoms with Crippen LogP contribution in [-0.2, 0) is 14.1 Å². The summed E-state index contributed by atoms with van der Waals surface area (Å²) in [6.07, 6.45) is 0.184. The Kier molecular flexibility index (Phi) is 7.47. The number of hydrogen-bond acceptors (Lipinski definition) is 7. The minimum atomic E-state index is -4.69. The van der Waals surface area contributed by atoms with Crippen LogP contribution in [0.1, 0.15) is 38.3 Å². The standard InChI is InChI=1S/C20H29N2O7P/c1-6-20(7-2,30(24,25)26)17(18(21)19(23)29-5)13-9-8-12-10-15(27-3)16(28-4)11-14(12)22-13/h8-11,17-18H,6-7,21H2,1-5H3,(H2,24,25,26). The molecule has 0 aliphatic carbocycles. The molecule has 4 N–H and O–H groups in total. The molecule has 2 rings (SSSR count). The van der Waals surface area contributed by atoms with Crippen molar-refractivity contribution in [3.63, 3.8) is 0 Å². The largest absolute Gasteiger partial charge is 0.493 e. The molecule has 0 amide bonds. The molecule has 0 fully saturated rings. The summed E-state index contributed by atoms with van der Waals surface area (Å²) in [5, 5.41) is -0.853. The van der Waals surface area contributed by atoms with Gasteiger partial charge in [0.25, 0.3) is 0 Å². The third kappa shape index (κ3) is 4.16. The first-order valence-corrected chi connectivity index (χ1v) is 11.1. The van der Waals surface area contributed by atoms with Gasteiger partial charge in [-0.15, -0.1) is 0 Å². The normalized spacial score (nSPS) is 14.3. The Morgan fingerprint density at radius 1 is 1.13 bits per heavy atom. The third-order valence-electron chi connectivity index (χ3n) is 5.75. The van der Waals surface area contributed by atoms with E-state index >= 15 is 0 Å². The zero-order chi connectivity index (χ0) is 22.7. The van der Waals surface area contributed by atoms with Crippen LogP contribution in [-0.4, -0.2) is 53.3 Å². The molecule has 1 heterocycles. The summed E-state index contributed by atoms with van der Waals surface area (Å²) in [5.74, 6) is -0.864. The van der Waals surface area contributed by atoms with Crippen molar-refractivity contribution in [2.24, 2.45) is 5.73 Å². The molecular weight excluding hydrogens is 411 g/mol. The van der Waals surface area contributed by atoms with Gasteiger partial charge in [0, 0.05) is 23.1 Å². The number of carbonyl (C=O) groups excluding carboxylic acids is 1. The van der Waals surface area contributed by atoms with Crippen LogP contribution in [0.3, 0.4) is 0 Å². The predicted molar refractivity (Wildman–Crippen MR) is 113 cm³/mol. The minimum absolute atomic E-state index is 0.0921. The van der Waals surface area contributed by atoms with Crippen LogP contribution in [0.15, 0.2) is 24.3 Å². The van der Waals surface area contributed by atoms with Crippen LogP contribution in [0.2, 0.25) is 0 Å². The molecule has 0 saturated heterocycles. The molecule has 0 saturated carbocycles. The fraction of sp³-hybridized carbons (Fsp3) is 0.500. The van der Waals surface area contributed by atoms with Crippen molar-refractivity contribution in [3.8, 4) is 11.5 Å². The summed E-state index contributed by atoms with van der Waals surface area (Å²) in [6.45, 7) is 3.32. The predicted octanol–water partition coefficient (Wildman–Crippen LogP) is 2.57. The van der Waals surface area contributed by atoms with Gasteiger partial charge in [0.05, 0.1) is 32.0 Å². The van der Waals surface area contributed by atoms with Crippen LogP contribution in [0.4, 0.5) is 0 Å². The van der Waals surface area contributed by atoms with Gasteiger partial charge in [-0.3, -0.25) is 14.3 Å². The number of esters is 1. The number of aromatic nitrogens is 1. The SMILES string of the molecule is CCC(CC)(C(c1ccc2cc(OC)c(OC)cc2n1)C(N)C(=O)OC)P(=O)(O)O. The fourth-order valence-electron chi connectivity index (χ4n) is 3.99. The van der Waals surface area contributed by atoms with Crippen molar-refractivity contribution < 1.29 is 33.4 Å². The van der Waals surface area contributed by atoms with E-state index in [-0.39, 0.29) is 12.8 Å². The van der Waals surface area contributed by atoms with Crippen LogP contribution < -0.4 is 15.2 Å². The maximum absolute atomic E-state index is 12.6. The van der Waals surface area contributed by atoms with Crippen molar-refractivity contribution in [2.45, 2.75) is 43.8 Å². The van der Waals surface area contributed by atoms with Gasteiger partial charge in [0.15, 0.2) is 11.5 Å². The van der Waals surface area contributed by atoms with Gasteiger partial charge in [0.1, 0.15) is 6.04 Å². The molecule has 30 heavy (non-hydrogen) atoms. The number of pyridine rings is 1. The van der Waals surface area contributed by atoms with Gasteiger partial charge in [0.2, 0.25) is 0 Å². The highest BCUT2D eigenvalue weighted by Gasteiger charge is 2.54. The second kappa shape index (κ2) is 9.31. The Balaban J connectivity index is 2.79. The van der Waals surface area contributed by atoms with Crippen molar-refractivity contribution >= 4 is 24.5 Å². The highest BCUT2D eigenvalue weighted by Crippen LogP contribution is 2.61. The number of carbonyl (C=O) groups is 1. The molecule has 2 aromatic rings. The van der Waals surface area contributed by atoms with Gasteiger partial charge >= 0.3 is 13.6 Å². The number of nitrogens with zero attached hydrogens (tertiary/aromatic N) is 1. The third-order valence-corrected chi connectivity index (χ3v) is 7.82. The smallest absolute Gasteiger partial charge is 0.332 e. The van der Waals surface area contributed by atoms with Crippen LogP contribution in [0, 0.1) is 0 Å². The van der Waals surface area contributed by atoms with Gasteiger partial charge in [-0.05, 0) is 25.0 Å². The molecule has 0 spiro atoms. The van der Waals surface area contributed by atoms with E-state index in [9.17, 15) is 19.1 Å². The topological polar surface area (TPSA) is 141 Å². The maximum Gasteiger partial charge on any atom is 0.332 e. The highest BCUT2D eigenvalue weighted by atomic mass is 31.2. The number of rotatable bonds is 9. The molecule has 1 aromatic carbocycles. The second-order valence-corrected chi connectivity index (χ2v) is 9.00. The lowest BCUT2D eigenvalue weighted by Crippen LogP contribution is -2.49. The van der Waals surface area contributed by atoms with Gasteiger partial charge in [-0.2, -0.15) is 0 Å². The number of hydrogen-bond donors (Lipinski definition) is 3. The number of fused-ring (bicyclic) bond motifs is 1. The van der Waals surface area contributed by atoms with E-state index in [0.29, 0.717) is 22.7 Å². The summed E-state index contributed by atoms with van der Waals surface area (Å²) in [7, 11) is -0.493. The lowest BCUT2D eigenvalue weighted by Gasteiger charge is -2.41. The van der Waals surface area contributed by atoms with Crippen molar-refractivity contribution in [3.05, 3.63) is 30.0 Å². The quantitative estimate of drug-likeness (QED) is 0.396. The Morgan fingerprint density at radius 2 is 1.70 bits per heavy atom. The number of nitrogens with two attached hydrogens (primary N) is 1. The highest BCUT2D eigenvalue weighted by molar-refractivity contribution is 7.53. The molecule has 0 bridgehead atoms. The van der Waals surface area contributed by atoms with Gasteiger partial charge in [-0.25, -0.2) is 0 Å². The molecule has 0 aliphatic heterocycles. The number of ether oxygens (including phenoxy) is 3. The van der Waals surface area contributed by atoms with Crippen LogP contribution in [0.5, 0.6) is 11.5 Å². The summed E-state index contributed by atoms with van der Waals surface area (Å²) in [5.41, 5.74) is 6.99. The van der Waals surface area contributed by atoms with Crippen molar-refractivity contribution in [1.82, 2.24) is 4.98 Å². The molecule has 0 aliphatic rings. The van der Waals surface area contributed by atoms with Crippen molar-refractivity contribution in [2.75, 3.05) is 21.3 Å². The molecule has 2 unspecified atom stereocenters. The molecule has 9 nitrogen and oxygen atoms in total. The van der Waals surface area contributed by atoms with E-state index in [1.807, 2.05) is 0 Å². The van der Waals surface area contributed by atoms with E-state index in [2.05, 4.69) is 4.98 Å². The summed E-state index contributed by atoms with van der Waals surface area (Å²) in [4.78, 5) is 37.5. The van der Waals surface area contributed by atoms with E-state index in [1.54, 1.807) is 38.1 Å². The zero-order valence-corrected chi connectivity index (χ0v) is 18.7. The van der Waals surface area contributed by atoms with E-state index in [4.69, 9.17) is 19.9 Å². The molecular formula is C20H29N2O7P. The van der Waals surface area contributed by atoms with Crippen LogP contribution >= 0.6 is 7.60 Å². The zero-order valence-electron chi connectivity index (χ0n) is 17.8. The van der Waals surface area contributed by atoms with E-state index in [0.717, 1.165) is 5.39 Å². The first kappa shape index (κ1) is 24.1. The molecule has 10 heteroatoms. The van der Waals surface area contributed by atoms with Crippen LogP contribution in [0.25, 0.3) is 10.9 Å². The Hall–Kier alpha value is -2.19. The number of methoxy groups -OCH3 is 3. The van der Waals surface area contributed by atoms with Gasteiger partial charge < -0.3 is 29.7 Å². The summed E-state index contributed by atoms with van der Waals surface area (Å²) in [6, 6.07) is 5.46.